The van der Waals surface area contributed by atoms with Crippen molar-refractivity contribution in [3.63, 3.8) is 0 Å². The second-order valence-electron chi connectivity index (χ2n) is 6.12. The average Bonchev–Trinajstić information content (AvgIpc) is 2.35. The third-order valence-corrected chi connectivity index (χ3v) is 4.68. The van der Waals surface area contributed by atoms with Crippen molar-refractivity contribution in [3.8, 4) is 0 Å². The van der Waals surface area contributed by atoms with Gasteiger partial charge in [-0.2, -0.15) is 0 Å². The molecule has 2 saturated carbocycles. The van der Waals surface area contributed by atoms with E-state index in [2.05, 4.69) is 15.3 Å². The smallest absolute Gasteiger partial charge is 0.129 e. The fraction of sp³-hybridized carbons (Fsp3) is 0.714. The number of nitrogens with zero attached hydrogens (tertiary/aromatic N) is 2. The number of nitrogens with two attached hydrogens (primary N) is 1. The summed E-state index contributed by atoms with van der Waals surface area (Å²) in [6, 6.07) is 2.37. The zero-order valence-corrected chi connectivity index (χ0v) is 13.6. The molecule has 7 heteroatoms. The van der Waals surface area contributed by atoms with Crippen LogP contribution in [0.5, 0.6) is 0 Å². The topological polar surface area (TPSA) is 84.1 Å². The van der Waals surface area contributed by atoms with Crippen LogP contribution in [-0.2, 0) is 0 Å². The van der Waals surface area contributed by atoms with Crippen molar-refractivity contribution in [2.75, 3.05) is 18.5 Å². The second kappa shape index (κ2) is 7.58. The molecule has 21 heavy (non-hydrogen) atoms. The van der Waals surface area contributed by atoms with Gasteiger partial charge in [0.15, 0.2) is 0 Å². The predicted molar refractivity (Wildman–Crippen MR) is 88.3 cm³/mol. The van der Waals surface area contributed by atoms with Crippen molar-refractivity contribution >= 4 is 30.6 Å². The number of aromatic nitrogens is 2. The van der Waals surface area contributed by atoms with Gasteiger partial charge in [0.2, 0.25) is 0 Å². The van der Waals surface area contributed by atoms with Gasteiger partial charge in [0.05, 0.1) is 6.61 Å². The molecule has 4 N–H and O–H groups in total. The van der Waals surface area contributed by atoms with E-state index in [1.807, 2.05) is 6.07 Å². The number of nitrogens with one attached hydrogen (secondary N) is 1. The van der Waals surface area contributed by atoms with Gasteiger partial charge in [-0.3, -0.25) is 0 Å². The van der Waals surface area contributed by atoms with E-state index in [4.69, 9.17) is 5.73 Å². The van der Waals surface area contributed by atoms with Crippen LogP contribution in [0.1, 0.15) is 43.7 Å². The highest BCUT2D eigenvalue weighted by atomic mass is 35.5. The summed E-state index contributed by atoms with van der Waals surface area (Å²) in [6.07, 6.45) is 7.09. The molecule has 3 rings (SSSR count). The maximum absolute atomic E-state index is 9.45. The molecule has 5 nitrogen and oxygen atoms in total. The molecule has 2 aliphatic rings. The summed E-state index contributed by atoms with van der Waals surface area (Å²) in [5.74, 6) is 1.36. The first-order valence-electron chi connectivity index (χ1n) is 7.13. The van der Waals surface area contributed by atoms with Gasteiger partial charge in [-0.1, -0.05) is 6.42 Å². The highest BCUT2D eigenvalue weighted by Gasteiger charge is 2.36. The van der Waals surface area contributed by atoms with Gasteiger partial charge in [0.1, 0.15) is 12.1 Å². The number of aliphatic hydroxyl groups excluding tert-OH is 1. The van der Waals surface area contributed by atoms with Crippen LogP contribution in [-0.4, -0.2) is 34.3 Å². The van der Waals surface area contributed by atoms with Crippen molar-refractivity contribution in [2.24, 2.45) is 11.1 Å². The summed E-state index contributed by atoms with van der Waals surface area (Å²) < 4.78 is 0. The molecule has 0 aromatic carbocycles. The fourth-order valence-corrected chi connectivity index (χ4v) is 2.94. The van der Waals surface area contributed by atoms with E-state index in [0.29, 0.717) is 12.0 Å². The van der Waals surface area contributed by atoms with Crippen LogP contribution < -0.4 is 11.1 Å². The summed E-state index contributed by atoms with van der Waals surface area (Å²) in [5.41, 5.74) is 6.98. The van der Waals surface area contributed by atoms with Crippen LogP contribution in [0.2, 0.25) is 0 Å². The molecule has 120 valence electrons. The molecule has 0 spiro atoms. The van der Waals surface area contributed by atoms with Crippen LogP contribution in [0.3, 0.4) is 0 Å². The predicted octanol–water partition coefficient (Wildman–Crippen LogP) is 2.10. The van der Waals surface area contributed by atoms with Gasteiger partial charge in [-0.15, -0.1) is 24.8 Å². The molecule has 0 amide bonds. The fourth-order valence-electron chi connectivity index (χ4n) is 2.94. The van der Waals surface area contributed by atoms with Gasteiger partial charge < -0.3 is 16.2 Å². The summed E-state index contributed by atoms with van der Waals surface area (Å²) in [5, 5.41) is 12.8. The number of hydrogen-bond acceptors (Lipinski definition) is 5. The van der Waals surface area contributed by atoms with Crippen molar-refractivity contribution < 1.29 is 5.11 Å². The first-order chi connectivity index (χ1) is 9.21. The quantitative estimate of drug-likeness (QED) is 0.767. The molecule has 0 aliphatic heterocycles. The molecule has 0 radical (unpaired) electrons. The summed E-state index contributed by atoms with van der Waals surface area (Å²) in [6.45, 7) is 1.06. The van der Waals surface area contributed by atoms with Crippen molar-refractivity contribution in [3.05, 3.63) is 18.1 Å². The van der Waals surface area contributed by atoms with Crippen LogP contribution >= 0.6 is 24.8 Å². The number of halogens is 2. The van der Waals surface area contributed by atoms with Crippen molar-refractivity contribution in [1.29, 1.82) is 0 Å². The van der Waals surface area contributed by atoms with Gasteiger partial charge in [-0.05, 0) is 25.7 Å². The second-order valence-corrected chi connectivity index (χ2v) is 6.12. The van der Waals surface area contributed by atoms with Gasteiger partial charge in [0, 0.05) is 35.7 Å². The Labute approximate surface area is 137 Å². The van der Waals surface area contributed by atoms with E-state index >= 15 is 0 Å². The Morgan fingerprint density at radius 1 is 1.29 bits per heavy atom. The third-order valence-electron chi connectivity index (χ3n) is 4.68. The third kappa shape index (κ3) is 3.97. The van der Waals surface area contributed by atoms with Crippen LogP contribution in [0.25, 0.3) is 0 Å². The lowest BCUT2D eigenvalue weighted by Gasteiger charge is -2.40. The van der Waals surface area contributed by atoms with Gasteiger partial charge >= 0.3 is 0 Å². The average molecular weight is 335 g/mol. The molecule has 1 aromatic rings. The van der Waals surface area contributed by atoms with Crippen LogP contribution in [0.15, 0.2) is 12.4 Å². The molecule has 1 aromatic heterocycles. The Hall–Kier alpha value is -0.620. The summed E-state index contributed by atoms with van der Waals surface area (Å²) >= 11 is 0. The number of anilines is 1. The number of aliphatic hydroxyl groups is 1. The molecule has 0 atom stereocenters. The molecule has 0 saturated heterocycles. The van der Waals surface area contributed by atoms with E-state index in [0.717, 1.165) is 43.7 Å². The molecule has 2 fully saturated rings. The largest absolute Gasteiger partial charge is 0.396 e. The maximum Gasteiger partial charge on any atom is 0.129 e. The Balaban J connectivity index is 0.00000110. The van der Waals surface area contributed by atoms with E-state index < -0.39 is 0 Å². The van der Waals surface area contributed by atoms with Crippen LogP contribution in [0.4, 0.5) is 5.82 Å². The van der Waals surface area contributed by atoms with E-state index in [-0.39, 0.29) is 36.8 Å². The lowest BCUT2D eigenvalue weighted by Crippen LogP contribution is -2.40. The minimum absolute atomic E-state index is 0. The summed E-state index contributed by atoms with van der Waals surface area (Å²) in [4.78, 5) is 8.60. The summed E-state index contributed by atoms with van der Waals surface area (Å²) in [7, 11) is 0. The lowest BCUT2D eigenvalue weighted by atomic mass is 9.69. The van der Waals surface area contributed by atoms with Gasteiger partial charge in [-0.25, -0.2) is 9.97 Å². The number of rotatable bonds is 5. The molecule has 0 unspecified atom stereocenters. The zero-order chi connectivity index (χ0) is 13.3. The van der Waals surface area contributed by atoms with Crippen LogP contribution in [0, 0.1) is 5.41 Å². The number of hydrogen-bond donors (Lipinski definition) is 3. The first kappa shape index (κ1) is 18.4. The molecule has 0 bridgehead atoms. The maximum atomic E-state index is 9.45. The molecule has 2 aliphatic carbocycles. The molecular weight excluding hydrogens is 311 g/mol. The van der Waals surface area contributed by atoms with E-state index in [9.17, 15) is 5.11 Å². The first-order valence-corrected chi connectivity index (χ1v) is 7.13. The molecule has 1 heterocycles. The zero-order valence-electron chi connectivity index (χ0n) is 12.0. The minimum Gasteiger partial charge on any atom is -0.396 e. The van der Waals surface area contributed by atoms with Crippen molar-refractivity contribution in [1.82, 2.24) is 9.97 Å². The normalized spacial score (nSPS) is 25.6. The Bertz CT molecular complexity index is 445. The lowest BCUT2D eigenvalue weighted by molar-refractivity contribution is 0.0575. The SMILES string of the molecule is Cl.Cl.NC1CC(c2cc(NCC3(CO)CCC3)ncn2)C1. The van der Waals surface area contributed by atoms with Gasteiger partial charge in [0.25, 0.3) is 0 Å². The standard InChI is InChI=1S/C14H22N4O.2ClH/c15-11-4-10(5-11)12-6-13(18-9-17-12)16-7-14(8-19)2-1-3-14;;/h6,9-11,19H,1-5,7-8,15H2,(H,16,17,18);2*1H. The highest BCUT2D eigenvalue weighted by Crippen LogP contribution is 2.40. The van der Waals surface area contributed by atoms with Crippen molar-refractivity contribution in [2.45, 2.75) is 44.1 Å². The van der Waals surface area contributed by atoms with E-state index in [1.165, 1.54) is 6.42 Å². The Morgan fingerprint density at radius 3 is 2.52 bits per heavy atom. The monoisotopic (exact) mass is 334 g/mol. The Morgan fingerprint density at radius 2 is 2.00 bits per heavy atom. The van der Waals surface area contributed by atoms with E-state index in [1.54, 1.807) is 6.33 Å². The Kier molecular flexibility index (Phi) is 6.66. The highest BCUT2D eigenvalue weighted by molar-refractivity contribution is 5.85. The minimum atomic E-state index is 0. The molecular formula is C14H24Cl2N4O.